The summed E-state index contributed by atoms with van der Waals surface area (Å²) in [6.45, 7) is 4.29. The van der Waals surface area contributed by atoms with E-state index in [0.29, 0.717) is 0 Å². The van der Waals surface area contributed by atoms with Crippen LogP contribution in [0.3, 0.4) is 0 Å². The smallest absolute Gasteiger partial charge is 0.0641 e. The molecule has 3 N–H and O–H groups in total. The molecule has 1 rings (SSSR count). The number of hydrazine groups is 1. The lowest BCUT2D eigenvalue weighted by Gasteiger charge is -2.15. The van der Waals surface area contributed by atoms with Crippen LogP contribution in [0.2, 0.25) is 0 Å². The maximum atomic E-state index is 5.66. The molecule has 104 valence electrons. The van der Waals surface area contributed by atoms with Crippen LogP contribution < -0.4 is 11.3 Å². The topological polar surface area (TPSA) is 55.9 Å². The van der Waals surface area contributed by atoms with Crippen molar-refractivity contribution < 1.29 is 0 Å². The van der Waals surface area contributed by atoms with Crippen molar-refractivity contribution in [2.75, 3.05) is 0 Å². The van der Waals surface area contributed by atoms with Crippen molar-refractivity contribution in [2.45, 2.75) is 64.8 Å². The van der Waals surface area contributed by atoms with Gasteiger partial charge in [-0.25, -0.2) is 0 Å². The third kappa shape index (κ3) is 4.78. The zero-order valence-electron chi connectivity index (χ0n) is 12.1. The molecule has 4 heteroatoms. The number of aromatic nitrogens is 2. The largest absolute Gasteiger partial charge is 0.275 e. The molecule has 4 nitrogen and oxygen atoms in total. The summed E-state index contributed by atoms with van der Waals surface area (Å²) >= 11 is 0. The summed E-state index contributed by atoms with van der Waals surface area (Å²) in [5, 5.41) is 4.37. The highest BCUT2D eigenvalue weighted by molar-refractivity contribution is 5.19. The van der Waals surface area contributed by atoms with Gasteiger partial charge in [-0.05, 0) is 13.3 Å². The molecule has 18 heavy (non-hydrogen) atoms. The fourth-order valence-corrected chi connectivity index (χ4v) is 2.42. The highest BCUT2D eigenvalue weighted by atomic mass is 15.3. The van der Waals surface area contributed by atoms with Crippen molar-refractivity contribution >= 4 is 0 Å². The Labute approximate surface area is 111 Å². The van der Waals surface area contributed by atoms with Gasteiger partial charge in [0, 0.05) is 24.8 Å². The van der Waals surface area contributed by atoms with Crippen molar-refractivity contribution in [1.29, 1.82) is 0 Å². The predicted octanol–water partition coefficient (Wildman–Crippen LogP) is 2.98. The molecule has 0 aliphatic heterocycles. The molecule has 0 aliphatic carbocycles. The Morgan fingerprint density at radius 3 is 2.50 bits per heavy atom. The standard InChI is InChI=1S/C14H28N4/c1-4-5-6-7-8-9-10-14(16-15)13-11-18(3)17-12(13)2/h11,14,16H,4-10,15H2,1-3H3. The molecule has 1 aromatic rings. The third-order valence-electron chi connectivity index (χ3n) is 3.47. The van der Waals surface area contributed by atoms with E-state index in [-0.39, 0.29) is 6.04 Å². The van der Waals surface area contributed by atoms with Crippen LogP contribution >= 0.6 is 0 Å². The van der Waals surface area contributed by atoms with Crippen molar-refractivity contribution in [3.05, 3.63) is 17.5 Å². The molecule has 0 fully saturated rings. The minimum Gasteiger partial charge on any atom is -0.275 e. The maximum absolute atomic E-state index is 5.66. The molecule has 0 saturated heterocycles. The van der Waals surface area contributed by atoms with Crippen LogP contribution in [0.5, 0.6) is 0 Å². The molecule has 0 radical (unpaired) electrons. The molecular weight excluding hydrogens is 224 g/mol. The van der Waals surface area contributed by atoms with Gasteiger partial charge in [-0.3, -0.25) is 16.0 Å². The van der Waals surface area contributed by atoms with Gasteiger partial charge < -0.3 is 0 Å². The molecule has 0 saturated carbocycles. The van der Waals surface area contributed by atoms with E-state index in [9.17, 15) is 0 Å². The summed E-state index contributed by atoms with van der Waals surface area (Å²) < 4.78 is 1.86. The number of nitrogens with one attached hydrogen (secondary N) is 1. The van der Waals surface area contributed by atoms with Gasteiger partial charge in [0.05, 0.1) is 5.69 Å². The van der Waals surface area contributed by atoms with Crippen LogP contribution in [-0.4, -0.2) is 9.78 Å². The van der Waals surface area contributed by atoms with Crippen molar-refractivity contribution in [3.63, 3.8) is 0 Å². The Balaban J connectivity index is 2.32. The number of rotatable bonds is 9. The van der Waals surface area contributed by atoms with E-state index in [0.717, 1.165) is 12.1 Å². The average Bonchev–Trinajstić information content (AvgIpc) is 2.68. The highest BCUT2D eigenvalue weighted by Crippen LogP contribution is 2.21. The molecule has 0 amide bonds. The molecule has 1 atom stereocenters. The van der Waals surface area contributed by atoms with Crippen LogP contribution in [0.4, 0.5) is 0 Å². The van der Waals surface area contributed by atoms with Crippen molar-refractivity contribution in [3.8, 4) is 0 Å². The third-order valence-corrected chi connectivity index (χ3v) is 3.47. The van der Waals surface area contributed by atoms with E-state index < -0.39 is 0 Å². The SMILES string of the molecule is CCCCCCCCC(NN)c1cn(C)nc1C. The summed E-state index contributed by atoms with van der Waals surface area (Å²) in [6, 6.07) is 0.241. The van der Waals surface area contributed by atoms with Crippen LogP contribution in [0.15, 0.2) is 6.20 Å². The molecular formula is C14H28N4. The molecule has 1 unspecified atom stereocenters. The van der Waals surface area contributed by atoms with Crippen molar-refractivity contribution in [1.82, 2.24) is 15.2 Å². The van der Waals surface area contributed by atoms with Crippen LogP contribution in [0.1, 0.15) is 69.2 Å². The Kier molecular flexibility index (Phi) is 6.98. The number of unbranched alkanes of at least 4 members (excludes halogenated alkanes) is 5. The summed E-state index contributed by atoms with van der Waals surface area (Å²) in [6.07, 6.45) is 11.1. The number of hydrogen-bond donors (Lipinski definition) is 2. The van der Waals surface area contributed by atoms with Crippen molar-refractivity contribution in [2.24, 2.45) is 12.9 Å². The van der Waals surface area contributed by atoms with Gasteiger partial charge in [-0.15, -0.1) is 0 Å². The summed E-state index contributed by atoms with van der Waals surface area (Å²) in [4.78, 5) is 0. The highest BCUT2D eigenvalue weighted by Gasteiger charge is 2.14. The van der Waals surface area contributed by atoms with Crippen LogP contribution in [0.25, 0.3) is 0 Å². The molecule has 0 aromatic carbocycles. The summed E-state index contributed by atoms with van der Waals surface area (Å²) in [7, 11) is 1.95. The first-order chi connectivity index (χ1) is 8.69. The normalized spacial score (nSPS) is 12.9. The van der Waals surface area contributed by atoms with Crippen LogP contribution in [0, 0.1) is 6.92 Å². The van der Waals surface area contributed by atoms with Gasteiger partial charge >= 0.3 is 0 Å². The fourth-order valence-electron chi connectivity index (χ4n) is 2.42. The van der Waals surface area contributed by atoms with Gasteiger partial charge in [-0.1, -0.05) is 45.4 Å². The second-order valence-corrected chi connectivity index (χ2v) is 5.12. The predicted molar refractivity (Wildman–Crippen MR) is 76.0 cm³/mol. The zero-order valence-corrected chi connectivity index (χ0v) is 12.1. The molecule has 1 heterocycles. The second kappa shape index (κ2) is 8.27. The zero-order chi connectivity index (χ0) is 13.4. The molecule has 0 spiro atoms. The van der Waals surface area contributed by atoms with E-state index in [1.807, 2.05) is 18.7 Å². The second-order valence-electron chi connectivity index (χ2n) is 5.12. The van der Waals surface area contributed by atoms with Gasteiger partial charge in [0.1, 0.15) is 0 Å². The lowest BCUT2D eigenvalue weighted by molar-refractivity contribution is 0.475. The molecule has 0 aliphatic rings. The van der Waals surface area contributed by atoms with E-state index in [1.54, 1.807) is 0 Å². The van der Waals surface area contributed by atoms with Gasteiger partial charge in [-0.2, -0.15) is 5.10 Å². The summed E-state index contributed by atoms with van der Waals surface area (Å²) in [5.74, 6) is 5.66. The molecule has 1 aromatic heterocycles. The van der Waals surface area contributed by atoms with E-state index >= 15 is 0 Å². The maximum Gasteiger partial charge on any atom is 0.0641 e. The number of nitrogens with two attached hydrogens (primary N) is 1. The van der Waals surface area contributed by atoms with E-state index in [1.165, 1.54) is 44.1 Å². The fraction of sp³-hybridized carbons (Fsp3) is 0.786. The lowest BCUT2D eigenvalue weighted by atomic mass is 10.0. The quantitative estimate of drug-likeness (QED) is 0.403. The number of aryl methyl sites for hydroxylation is 2. The number of hydrogen-bond acceptors (Lipinski definition) is 3. The minimum absolute atomic E-state index is 0.241. The Morgan fingerprint density at radius 2 is 1.94 bits per heavy atom. The van der Waals surface area contributed by atoms with E-state index in [2.05, 4.69) is 23.6 Å². The number of nitrogens with zero attached hydrogens (tertiary/aromatic N) is 2. The minimum atomic E-state index is 0.241. The lowest BCUT2D eigenvalue weighted by Crippen LogP contribution is -2.28. The monoisotopic (exact) mass is 252 g/mol. The Bertz CT molecular complexity index is 333. The Morgan fingerprint density at radius 1 is 1.28 bits per heavy atom. The Hall–Kier alpha value is -0.870. The summed E-state index contributed by atoms with van der Waals surface area (Å²) in [5.41, 5.74) is 5.23. The first-order valence-corrected chi connectivity index (χ1v) is 7.15. The first kappa shape index (κ1) is 15.2. The van der Waals surface area contributed by atoms with Gasteiger partial charge in [0.15, 0.2) is 0 Å². The first-order valence-electron chi connectivity index (χ1n) is 7.15. The molecule has 0 bridgehead atoms. The van der Waals surface area contributed by atoms with Gasteiger partial charge in [0.25, 0.3) is 0 Å². The van der Waals surface area contributed by atoms with Gasteiger partial charge in [0.2, 0.25) is 0 Å². The average molecular weight is 252 g/mol. The van der Waals surface area contributed by atoms with E-state index in [4.69, 9.17) is 5.84 Å². The van der Waals surface area contributed by atoms with Crippen LogP contribution in [-0.2, 0) is 7.05 Å².